The van der Waals surface area contributed by atoms with Gasteiger partial charge in [-0.05, 0) is 62.6 Å². The van der Waals surface area contributed by atoms with Gasteiger partial charge in [0.05, 0.1) is 0 Å². The number of ether oxygens (including phenoxy) is 1. The van der Waals surface area contributed by atoms with Gasteiger partial charge < -0.3 is 20.3 Å². The Morgan fingerprint density at radius 3 is 2.43 bits per heavy atom. The van der Waals surface area contributed by atoms with Crippen LogP contribution in [0.2, 0.25) is 0 Å². The van der Waals surface area contributed by atoms with Crippen molar-refractivity contribution < 1.29 is 19.1 Å². The predicted octanol–water partition coefficient (Wildman–Crippen LogP) is 2.90. The van der Waals surface area contributed by atoms with Crippen LogP contribution in [0, 0.1) is 6.92 Å². The summed E-state index contributed by atoms with van der Waals surface area (Å²) >= 11 is 0. The fourth-order valence-electron chi connectivity index (χ4n) is 3.34. The van der Waals surface area contributed by atoms with Gasteiger partial charge in [-0.15, -0.1) is 0 Å². The second-order valence-corrected chi connectivity index (χ2v) is 7.36. The lowest BCUT2D eigenvalue weighted by molar-refractivity contribution is -0.146. The predicted molar refractivity (Wildman–Crippen MR) is 116 cm³/mol. The first-order valence-electron chi connectivity index (χ1n) is 10.2. The molecule has 2 N–H and O–H groups in total. The molecule has 0 saturated carbocycles. The monoisotopic (exact) mass is 409 g/mol. The van der Waals surface area contributed by atoms with Crippen molar-refractivity contribution in [1.29, 1.82) is 0 Å². The molecular weight excluding hydrogens is 382 g/mol. The first-order chi connectivity index (χ1) is 14.5. The molecule has 2 aromatic rings. The highest BCUT2D eigenvalue weighted by Gasteiger charge is 2.13. The molecule has 30 heavy (non-hydrogen) atoms. The third-order valence-corrected chi connectivity index (χ3v) is 4.91. The van der Waals surface area contributed by atoms with Crippen molar-refractivity contribution >= 4 is 29.2 Å². The van der Waals surface area contributed by atoms with E-state index >= 15 is 0 Å². The molecule has 1 aliphatic rings. The standard InChI is InChI=1S/C23H27N3O4/c1-17-6-5-7-18(14-17)23(29)24-15-22(28)30-16-21(27)25-19-8-10-20(11-9-19)26-12-3-2-4-13-26/h5-11,14H,2-4,12-13,15-16H2,1H3,(H,24,29)(H,25,27). The Bertz CT molecular complexity index is 890. The minimum absolute atomic E-state index is 0.301. The molecule has 1 heterocycles. The average Bonchev–Trinajstić information content (AvgIpc) is 2.77. The van der Waals surface area contributed by atoms with Crippen LogP contribution in [0.5, 0.6) is 0 Å². The fraction of sp³-hybridized carbons (Fsp3) is 0.348. The van der Waals surface area contributed by atoms with E-state index in [0.717, 1.165) is 24.3 Å². The van der Waals surface area contributed by atoms with E-state index in [9.17, 15) is 14.4 Å². The number of aryl methyl sites for hydroxylation is 1. The zero-order valence-corrected chi connectivity index (χ0v) is 17.1. The van der Waals surface area contributed by atoms with Gasteiger partial charge in [0, 0.05) is 30.0 Å². The molecule has 1 aliphatic heterocycles. The van der Waals surface area contributed by atoms with E-state index in [0.29, 0.717) is 11.3 Å². The molecule has 0 bridgehead atoms. The number of rotatable bonds is 7. The first-order valence-corrected chi connectivity index (χ1v) is 10.2. The normalized spacial score (nSPS) is 13.4. The molecule has 2 amide bonds. The zero-order valence-electron chi connectivity index (χ0n) is 17.1. The smallest absolute Gasteiger partial charge is 0.325 e. The van der Waals surface area contributed by atoms with E-state index in [1.165, 1.54) is 19.3 Å². The Balaban J connectivity index is 1.38. The van der Waals surface area contributed by atoms with Crippen LogP contribution in [0.15, 0.2) is 48.5 Å². The quantitative estimate of drug-likeness (QED) is 0.687. The first kappa shape index (κ1) is 21.4. The Kier molecular flexibility index (Phi) is 7.43. The molecular formula is C23H27N3O4. The molecule has 2 aromatic carbocycles. The molecule has 0 aromatic heterocycles. The highest BCUT2D eigenvalue weighted by atomic mass is 16.5. The van der Waals surface area contributed by atoms with Gasteiger partial charge in [0.15, 0.2) is 6.61 Å². The number of benzene rings is 2. The number of hydrogen-bond donors (Lipinski definition) is 2. The minimum atomic E-state index is -0.674. The molecule has 3 rings (SSSR count). The molecule has 0 unspecified atom stereocenters. The number of amides is 2. The second kappa shape index (κ2) is 10.4. The Morgan fingerprint density at radius 1 is 1.00 bits per heavy atom. The van der Waals surface area contributed by atoms with Gasteiger partial charge in [-0.2, -0.15) is 0 Å². The number of nitrogens with one attached hydrogen (secondary N) is 2. The van der Waals surface area contributed by atoms with Crippen molar-refractivity contribution in [1.82, 2.24) is 5.32 Å². The SMILES string of the molecule is Cc1cccc(C(=O)NCC(=O)OCC(=O)Nc2ccc(N3CCCCC3)cc2)c1. The molecule has 1 saturated heterocycles. The number of anilines is 2. The largest absolute Gasteiger partial charge is 0.454 e. The summed E-state index contributed by atoms with van der Waals surface area (Å²) in [6.45, 7) is 3.28. The van der Waals surface area contributed by atoms with Crippen molar-refractivity contribution in [2.24, 2.45) is 0 Å². The van der Waals surface area contributed by atoms with Gasteiger partial charge in [-0.3, -0.25) is 14.4 Å². The molecule has 1 fully saturated rings. The topological polar surface area (TPSA) is 87.7 Å². The van der Waals surface area contributed by atoms with Crippen molar-refractivity contribution in [3.8, 4) is 0 Å². The second-order valence-electron chi connectivity index (χ2n) is 7.36. The maximum atomic E-state index is 12.0. The van der Waals surface area contributed by atoms with Crippen LogP contribution < -0.4 is 15.5 Å². The highest BCUT2D eigenvalue weighted by Crippen LogP contribution is 2.21. The van der Waals surface area contributed by atoms with Crippen LogP contribution in [-0.2, 0) is 14.3 Å². The molecule has 0 radical (unpaired) electrons. The van der Waals surface area contributed by atoms with E-state index in [1.807, 2.05) is 37.3 Å². The zero-order chi connectivity index (χ0) is 21.3. The van der Waals surface area contributed by atoms with E-state index in [4.69, 9.17) is 4.74 Å². The van der Waals surface area contributed by atoms with Gasteiger partial charge in [0.25, 0.3) is 11.8 Å². The van der Waals surface area contributed by atoms with Crippen LogP contribution in [-0.4, -0.2) is 44.0 Å². The van der Waals surface area contributed by atoms with E-state index in [-0.39, 0.29) is 12.5 Å². The van der Waals surface area contributed by atoms with Crippen LogP contribution >= 0.6 is 0 Å². The van der Waals surface area contributed by atoms with Crippen molar-refractivity contribution in [3.05, 3.63) is 59.7 Å². The number of carbonyl (C=O) groups excluding carboxylic acids is 3. The lowest BCUT2D eigenvalue weighted by Gasteiger charge is -2.28. The number of carbonyl (C=O) groups is 3. The Labute approximate surface area is 176 Å². The van der Waals surface area contributed by atoms with Crippen molar-refractivity contribution in [2.45, 2.75) is 26.2 Å². The maximum Gasteiger partial charge on any atom is 0.325 e. The number of hydrogen-bond acceptors (Lipinski definition) is 5. The molecule has 7 heteroatoms. The molecule has 0 spiro atoms. The van der Waals surface area contributed by atoms with Crippen molar-refractivity contribution in [3.63, 3.8) is 0 Å². The minimum Gasteiger partial charge on any atom is -0.454 e. The average molecular weight is 409 g/mol. The Morgan fingerprint density at radius 2 is 1.73 bits per heavy atom. The molecule has 0 aliphatic carbocycles. The summed E-state index contributed by atoms with van der Waals surface area (Å²) in [7, 11) is 0. The third-order valence-electron chi connectivity index (χ3n) is 4.91. The molecule has 158 valence electrons. The van der Waals surface area contributed by atoms with E-state index in [2.05, 4.69) is 15.5 Å². The van der Waals surface area contributed by atoms with Gasteiger partial charge in [-0.25, -0.2) is 0 Å². The van der Waals surface area contributed by atoms with Gasteiger partial charge >= 0.3 is 5.97 Å². The number of esters is 1. The summed E-state index contributed by atoms with van der Waals surface area (Å²) in [5.74, 6) is -1.47. The van der Waals surface area contributed by atoms with Crippen LogP contribution in [0.1, 0.15) is 35.2 Å². The lowest BCUT2D eigenvalue weighted by Crippen LogP contribution is -2.32. The lowest BCUT2D eigenvalue weighted by atomic mass is 10.1. The van der Waals surface area contributed by atoms with Crippen molar-refractivity contribution in [2.75, 3.05) is 36.5 Å². The van der Waals surface area contributed by atoms with Gasteiger partial charge in [-0.1, -0.05) is 17.7 Å². The summed E-state index contributed by atoms with van der Waals surface area (Å²) in [5.41, 5.74) is 3.20. The summed E-state index contributed by atoms with van der Waals surface area (Å²) in [6.07, 6.45) is 3.68. The summed E-state index contributed by atoms with van der Waals surface area (Å²) < 4.78 is 4.93. The van der Waals surface area contributed by atoms with Crippen LogP contribution in [0.3, 0.4) is 0 Å². The summed E-state index contributed by atoms with van der Waals surface area (Å²) in [6, 6.07) is 14.7. The summed E-state index contributed by atoms with van der Waals surface area (Å²) in [5, 5.41) is 5.19. The van der Waals surface area contributed by atoms with Crippen LogP contribution in [0.25, 0.3) is 0 Å². The maximum absolute atomic E-state index is 12.0. The number of piperidine rings is 1. The Hall–Kier alpha value is -3.35. The molecule has 0 atom stereocenters. The van der Waals surface area contributed by atoms with Gasteiger partial charge in [0.2, 0.25) is 0 Å². The highest BCUT2D eigenvalue weighted by molar-refractivity contribution is 5.96. The van der Waals surface area contributed by atoms with E-state index < -0.39 is 18.5 Å². The van der Waals surface area contributed by atoms with Crippen LogP contribution in [0.4, 0.5) is 11.4 Å². The summed E-state index contributed by atoms with van der Waals surface area (Å²) in [4.78, 5) is 38.2. The van der Waals surface area contributed by atoms with E-state index in [1.54, 1.807) is 18.2 Å². The van der Waals surface area contributed by atoms with Gasteiger partial charge in [0.1, 0.15) is 6.54 Å². The third kappa shape index (κ3) is 6.34. The number of nitrogens with zero attached hydrogens (tertiary/aromatic N) is 1. The fourth-order valence-corrected chi connectivity index (χ4v) is 3.34. The molecule has 7 nitrogen and oxygen atoms in total.